The van der Waals surface area contributed by atoms with E-state index in [2.05, 4.69) is 28.6 Å². The molecule has 1 atom stereocenters. The van der Waals surface area contributed by atoms with Crippen molar-refractivity contribution < 1.29 is 19.2 Å². The van der Waals surface area contributed by atoms with Crippen molar-refractivity contribution in [1.82, 2.24) is 14.9 Å². The normalized spacial score (nSPS) is 21.3. The Morgan fingerprint density at radius 1 is 1.30 bits per heavy atom. The van der Waals surface area contributed by atoms with Crippen LogP contribution in [-0.4, -0.2) is 59.2 Å². The number of ether oxygens (including phenoxy) is 1. The minimum Gasteiger partial charge on any atom is -0.469 e. The van der Waals surface area contributed by atoms with Gasteiger partial charge in [0.2, 0.25) is 5.91 Å². The van der Waals surface area contributed by atoms with E-state index in [4.69, 9.17) is 9.57 Å². The van der Waals surface area contributed by atoms with Crippen LogP contribution in [0.1, 0.15) is 24.8 Å². The van der Waals surface area contributed by atoms with Crippen molar-refractivity contribution in [2.24, 2.45) is 5.92 Å². The molecule has 1 amide bonds. The van der Waals surface area contributed by atoms with Crippen LogP contribution in [0, 0.1) is 5.92 Å². The van der Waals surface area contributed by atoms with Gasteiger partial charge in [-0.2, -0.15) is 0 Å². The Kier molecular flexibility index (Phi) is 5.83. The number of hydrogen-bond donors (Lipinski definition) is 0. The molecule has 2 fully saturated rings. The Labute approximate surface area is 176 Å². The Morgan fingerprint density at radius 2 is 2.07 bits per heavy atom. The molecule has 30 heavy (non-hydrogen) atoms. The Balaban J connectivity index is 1.53. The number of rotatable bonds is 6. The molecular weight excluding hydrogens is 382 g/mol. The highest BCUT2D eigenvalue weighted by atomic mass is 16.7. The van der Waals surface area contributed by atoms with Crippen LogP contribution < -0.4 is 0 Å². The van der Waals surface area contributed by atoms with Crippen molar-refractivity contribution in [3.05, 3.63) is 54.7 Å². The van der Waals surface area contributed by atoms with Gasteiger partial charge in [-0.25, -0.2) is 5.06 Å². The van der Waals surface area contributed by atoms with E-state index < -0.39 is 11.5 Å². The number of carbonyl (C=O) groups is 2. The van der Waals surface area contributed by atoms with E-state index >= 15 is 0 Å². The lowest BCUT2D eigenvalue weighted by Gasteiger charge is -2.45. The monoisotopic (exact) mass is 409 g/mol. The Bertz CT molecular complexity index is 947. The third-order valence-electron chi connectivity index (χ3n) is 6.32. The van der Waals surface area contributed by atoms with Gasteiger partial charge in [0.1, 0.15) is 0 Å². The topological polar surface area (TPSA) is 72.0 Å². The molecule has 2 aliphatic rings. The molecule has 4 rings (SSSR count). The second-order valence-electron chi connectivity index (χ2n) is 7.92. The van der Waals surface area contributed by atoms with E-state index in [9.17, 15) is 9.59 Å². The van der Waals surface area contributed by atoms with Crippen molar-refractivity contribution in [1.29, 1.82) is 0 Å². The summed E-state index contributed by atoms with van der Waals surface area (Å²) in [6.07, 6.45) is 4.88. The van der Waals surface area contributed by atoms with E-state index in [0.29, 0.717) is 12.8 Å². The third-order valence-corrected chi connectivity index (χ3v) is 6.32. The number of aromatic nitrogens is 1. The molecule has 0 radical (unpaired) electrons. The van der Waals surface area contributed by atoms with Gasteiger partial charge in [-0.1, -0.05) is 24.3 Å². The summed E-state index contributed by atoms with van der Waals surface area (Å²) < 4.78 is 5.02. The maximum absolute atomic E-state index is 12.6. The standard InChI is InChI=1S/C23H27N3O4/c1-3-14-30-26-21(27)15-19(22(28)29-2)23(26)9-12-25(13-10-23)16-17-8-11-24-20-7-5-4-6-18(17)20/h3-8,11,19H,1,9-10,12-16H2,2H3/t19-/m0/s1. The summed E-state index contributed by atoms with van der Waals surface area (Å²) in [4.78, 5) is 37.6. The molecule has 2 aliphatic heterocycles. The van der Waals surface area contributed by atoms with E-state index in [0.717, 1.165) is 30.5 Å². The molecule has 3 heterocycles. The SMILES string of the molecule is C=CCON1C(=O)C[C@@H](C(=O)OC)C12CCN(Cc1ccnc3ccccc13)CC2. The number of esters is 1. The number of hydroxylamine groups is 2. The van der Waals surface area contributed by atoms with Gasteiger partial charge in [-0.3, -0.25) is 24.3 Å². The second-order valence-corrected chi connectivity index (χ2v) is 7.92. The molecule has 2 saturated heterocycles. The van der Waals surface area contributed by atoms with Crippen molar-refractivity contribution in [2.45, 2.75) is 31.3 Å². The highest BCUT2D eigenvalue weighted by Gasteiger charge is 2.58. The molecule has 158 valence electrons. The largest absolute Gasteiger partial charge is 0.469 e. The number of methoxy groups -OCH3 is 1. The number of piperidine rings is 1. The zero-order chi connectivity index (χ0) is 21.1. The quantitative estimate of drug-likeness (QED) is 0.540. The highest BCUT2D eigenvalue weighted by Crippen LogP contribution is 2.44. The van der Waals surface area contributed by atoms with Crippen LogP contribution in [-0.2, 0) is 25.7 Å². The summed E-state index contributed by atoms with van der Waals surface area (Å²) in [7, 11) is 1.37. The molecule has 0 aliphatic carbocycles. The molecule has 7 heteroatoms. The summed E-state index contributed by atoms with van der Waals surface area (Å²) in [5.74, 6) is -1.02. The second kappa shape index (κ2) is 8.53. The molecule has 1 aromatic carbocycles. The first kappa shape index (κ1) is 20.5. The smallest absolute Gasteiger partial charge is 0.311 e. The summed E-state index contributed by atoms with van der Waals surface area (Å²) in [6, 6.07) is 10.2. The number of para-hydroxylation sites is 1. The zero-order valence-electron chi connectivity index (χ0n) is 17.3. The van der Waals surface area contributed by atoms with Gasteiger partial charge < -0.3 is 4.74 Å². The van der Waals surface area contributed by atoms with Crippen LogP contribution >= 0.6 is 0 Å². The molecule has 0 bridgehead atoms. The number of benzene rings is 1. The lowest BCUT2D eigenvalue weighted by atomic mass is 9.77. The number of hydrogen-bond acceptors (Lipinski definition) is 6. The van der Waals surface area contributed by atoms with E-state index in [1.54, 1.807) is 6.08 Å². The molecule has 2 aromatic rings. The van der Waals surface area contributed by atoms with Crippen molar-refractivity contribution in [2.75, 3.05) is 26.8 Å². The fraction of sp³-hybridized carbons (Fsp3) is 0.435. The minimum absolute atomic E-state index is 0.124. The summed E-state index contributed by atoms with van der Waals surface area (Å²) in [5, 5.41) is 2.59. The highest BCUT2D eigenvalue weighted by molar-refractivity contribution is 5.88. The number of fused-ring (bicyclic) bond motifs is 1. The molecule has 0 unspecified atom stereocenters. The van der Waals surface area contributed by atoms with Crippen molar-refractivity contribution >= 4 is 22.8 Å². The first-order valence-electron chi connectivity index (χ1n) is 10.3. The third kappa shape index (κ3) is 3.59. The predicted molar refractivity (Wildman–Crippen MR) is 112 cm³/mol. The van der Waals surface area contributed by atoms with E-state index in [1.165, 1.54) is 17.7 Å². The van der Waals surface area contributed by atoms with Crippen molar-refractivity contribution in [3.63, 3.8) is 0 Å². The molecule has 1 aromatic heterocycles. The van der Waals surface area contributed by atoms with Gasteiger partial charge in [0.15, 0.2) is 0 Å². The first-order chi connectivity index (χ1) is 14.6. The van der Waals surface area contributed by atoms with Gasteiger partial charge in [-0.05, 0) is 30.5 Å². The van der Waals surface area contributed by atoms with Crippen LogP contribution in [0.25, 0.3) is 10.9 Å². The fourth-order valence-electron chi connectivity index (χ4n) is 4.79. The van der Waals surface area contributed by atoms with Gasteiger partial charge in [0.25, 0.3) is 0 Å². The number of amides is 1. The number of nitrogens with zero attached hydrogens (tertiary/aromatic N) is 3. The van der Waals surface area contributed by atoms with E-state index in [1.807, 2.05) is 24.4 Å². The van der Waals surface area contributed by atoms with Crippen LogP contribution in [0.15, 0.2) is 49.2 Å². The van der Waals surface area contributed by atoms with Gasteiger partial charge >= 0.3 is 5.97 Å². The van der Waals surface area contributed by atoms with Gasteiger partial charge in [-0.15, -0.1) is 6.58 Å². The number of carbonyl (C=O) groups excluding carboxylic acids is 2. The minimum atomic E-state index is -0.663. The maximum Gasteiger partial charge on any atom is 0.311 e. The van der Waals surface area contributed by atoms with Crippen molar-refractivity contribution in [3.8, 4) is 0 Å². The molecule has 1 spiro atoms. The first-order valence-corrected chi connectivity index (χ1v) is 10.3. The summed E-state index contributed by atoms with van der Waals surface area (Å²) in [5.41, 5.74) is 1.55. The van der Waals surface area contributed by atoms with E-state index in [-0.39, 0.29) is 24.9 Å². The molecule has 0 N–H and O–H groups in total. The van der Waals surface area contributed by atoms with Gasteiger partial charge in [0, 0.05) is 37.6 Å². The Hall–Kier alpha value is -2.77. The number of likely N-dealkylation sites (tertiary alicyclic amines) is 1. The summed E-state index contributed by atoms with van der Waals surface area (Å²) in [6.45, 7) is 6.20. The lowest BCUT2D eigenvalue weighted by Crippen LogP contribution is -2.57. The van der Waals surface area contributed by atoms with Crippen LogP contribution in [0.2, 0.25) is 0 Å². The molecular formula is C23H27N3O4. The van der Waals surface area contributed by atoms with Crippen LogP contribution in [0.5, 0.6) is 0 Å². The van der Waals surface area contributed by atoms with Crippen LogP contribution in [0.4, 0.5) is 0 Å². The van der Waals surface area contributed by atoms with Gasteiger partial charge in [0.05, 0.1) is 30.7 Å². The molecule has 0 saturated carbocycles. The maximum atomic E-state index is 12.6. The summed E-state index contributed by atoms with van der Waals surface area (Å²) >= 11 is 0. The predicted octanol–water partition coefficient (Wildman–Crippen LogP) is 2.71. The van der Waals surface area contributed by atoms with Crippen LogP contribution in [0.3, 0.4) is 0 Å². The average molecular weight is 409 g/mol. The zero-order valence-corrected chi connectivity index (χ0v) is 17.3. The lowest BCUT2D eigenvalue weighted by molar-refractivity contribution is -0.218. The fourth-order valence-corrected chi connectivity index (χ4v) is 4.79. The Morgan fingerprint density at radius 3 is 2.80 bits per heavy atom. The average Bonchev–Trinajstić information content (AvgIpc) is 3.04. The molecule has 7 nitrogen and oxygen atoms in total. The number of pyridine rings is 1.